The Bertz CT molecular complexity index is 638. The van der Waals surface area contributed by atoms with Crippen molar-refractivity contribution >= 4 is 28.1 Å². The first kappa shape index (κ1) is 14.3. The van der Waals surface area contributed by atoms with E-state index in [0.717, 1.165) is 16.3 Å². The highest BCUT2D eigenvalue weighted by Gasteiger charge is 2.05. The van der Waals surface area contributed by atoms with Gasteiger partial charge in [0.15, 0.2) is 6.29 Å². The smallest absolute Gasteiger partial charge is 0.248 e. The summed E-state index contributed by atoms with van der Waals surface area (Å²) < 4.78 is 6.42. The maximum absolute atomic E-state index is 11.0. The molecular formula is C15H12BrNO3. The number of halogens is 1. The van der Waals surface area contributed by atoms with E-state index in [0.29, 0.717) is 23.5 Å². The quantitative estimate of drug-likeness (QED) is 0.855. The minimum absolute atomic E-state index is 0.307. The molecule has 1 amide bonds. The number of ether oxygens (including phenoxy) is 1. The predicted octanol–water partition coefficient (Wildman–Crippen LogP) is 2.94. The Balaban J connectivity index is 2.08. The van der Waals surface area contributed by atoms with Gasteiger partial charge in [-0.1, -0.05) is 28.1 Å². The van der Waals surface area contributed by atoms with Crippen molar-refractivity contribution in [1.82, 2.24) is 0 Å². The largest absolute Gasteiger partial charge is 0.488 e. The fraction of sp³-hybridized carbons (Fsp3) is 0.0667. The zero-order chi connectivity index (χ0) is 14.5. The topological polar surface area (TPSA) is 69.4 Å². The van der Waals surface area contributed by atoms with Crippen molar-refractivity contribution in [2.75, 3.05) is 0 Å². The van der Waals surface area contributed by atoms with Crippen LogP contribution in [-0.4, -0.2) is 12.2 Å². The van der Waals surface area contributed by atoms with E-state index >= 15 is 0 Å². The average molecular weight is 334 g/mol. The second kappa shape index (κ2) is 6.34. The van der Waals surface area contributed by atoms with Crippen LogP contribution < -0.4 is 10.5 Å². The molecule has 0 atom stereocenters. The lowest BCUT2D eigenvalue weighted by Gasteiger charge is -2.09. The van der Waals surface area contributed by atoms with Gasteiger partial charge < -0.3 is 10.5 Å². The summed E-state index contributed by atoms with van der Waals surface area (Å²) in [4.78, 5) is 21.9. The zero-order valence-corrected chi connectivity index (χ0v) is 12.1. The Kier molecular flexibility index (Phi) is 4.53. The van der Waals surface area contributed by atoms with Crippen molar-refractivity contribution in [3.63, 3.8) is 0 Å². The first-order chi connectivity index (χ1) is 9.60. The normalized spacial score (nSPS) is 10.1. The van der Waals surface area contributed by atoms with Crippen LogP contribution >= 0.6 is 15.9 Å². The lowest BCUT2D eigenvalue weighted by molar-refractivity contribution is 0.0999. The molecule has 2 N–H and O–H groups in total. The van der Waals surface area contributed by atoms with Crippen LogP contribution in [0.5, 0.6) is 5.75 Å². The lowest BCUT2D eigenvalue weighted by Crippen LogP contribution is -2.10. The van der Waals surface area contributed by atoms with Gasteiger partial charge in [-0.3, -0.25) is 9.59 Å². The van der Waals surface area contributed by atoms with E-state index in [4.69, 9.17) is 10.5 Å². The summed E-state index contributed by atoms with van der Waals surface area (Å²) in [6, 6.07) is 12.0. The maximum Gasteiger partial charge on any atom is 0.248 e. The van der Waals surface area contributed by atoms with E-state index in [1.165, 1.54) is 0 Å². The maximum atomic E-state index is 11.0. The van der Waals surface area contributed by atoms with Gasteiger partial charge >= 0.3 is 0 Å². The summed E-state index contributed by atoms with van der Waals surface area (Å²) >= 11 is 3.30. The molecule has 0 spiro atoms. The highest BCUT2D eigenvalue weighted by atomic mass is 79.9. The average Bonchev–Trinajstić information content (AvgIpc) is 2.46. The summed E-state index contributed by atoms with van der Waals surface area (Å²) in [6.45, 7) is 0.307. The van der Waals surface area contributed by atoms with Gasteiger partial charge in [0.05, 0.1) is 5.56 Å². The molecule has 0 bridgehead atoms. The van der Waals surface area contributed by atoms with Crippen molar-refractivity contribution in [2.24, 2.45) is 5.73 Å². The highest BCUT2D eigenvalue weighted by molar-refractivity contribution is 9.10. The number of carbonyl (C=O) groups excluding carboxylic acids is 2. The molecule has 5 heteroatoms. The van der Waals surface area contributed by atoms with E-state index in [2.05, 4.69) is 15.9 Å². The number of nitrogens with two attached hydrogens (primary N) is 1. The fourth-order valence-corrected chi connectivity index (χ4v) is 2.05. The third-order valence-electron chi connectivity index (χ3n) is 2.73. The molecule has 20 heavy (non-hydrogen) atoms. The van der Waals surface area contributed by atoms with Gasteiger partial charge in [-0.2, -0.15) is 0 Å². The molecule has 0 fully saturated rings. The van der Waals surface area contributed by atoms with Gasteiger partial charge in [0.1, 0.15) is 12.4 Å². The Morgan fingerprint density at radius 1 is 1.20 bits per heavy atom. The van der Waals surface area contributed by atoms with Gasteiger partial charge in [-0.05, 0) is 35.9 Å². The predicted molar refractivity (Wildman–Crippen MR) is 78.8 cm³/mol. The first-order valence-corrected chi connectivity index (χ1v) is 6.65. The molecule has 4 nitrogen and oxygen atoms in total. The number of rotatable bonds is 5. The minimum atomic E-state index is -0.464. The number of primary amides is 1. The van der Waals surface area contributed by atoms with Crippen molar-refractivity contribution in [1.29, 1.82) is 0 Å². The minimum Gasteiger partial charge on any atom is -0.488 e. The number of aldehydes is 1. The van der Waals surface area contributed by atoms with Gasteiger partial charge in [-0.15, -0.1) is 0 Å². The van der Waals surface area contributed by atoms with E-state index in [9.17, 15) is 9.59 Å². The number of hydrogen-bond donors (Lipinski definition) is 1. The molecule has 2 rings (SSSR count). The number of amides is 1. The Labute approximate surface area is 124 Å². The molecule has 2 aromatic rings. The fourth-order valence-electron chi connectivity index (χ4n) is 1.67. The molecule has 0 aliphatic rings. The molecule has 0 saturated heterocycles. The third kappa shape index (κ3) is 3.45. The molecule has 0 saturated carbocycles. The van der Waals surface area contributed by atoms with Crippen LogP contribution in [0.3, 0.4) is 0 Å². The van der Waals surface area contributed by atoms with Gasteiger partial charge in [0.25, 0.3) is 0 Å². The molecule has 102 valence electrons. The third-order valence-corrected chi connectivity index (χ3v) is 3.22. The standard InChI is InChI=1S/C15H12BrNO3/c16-13-5-6-14(12(7-13)8-18)20-9-10-1-3-11(4-2-10)15(17)19/h1-8H,9H2,(H2,17,19). The van der Waals surface area contributed by atoms with Crippen LogP contribution in [0.25, 0.3) is 0 Å². The molecule has 0 radical (unpaired) electrons. The van der Waals surface area contributed by atoms with Gasteiger partial charge in [0.2, 0.25) is 5.91 Å². The van der Waals surface area contributed by atoms with Crippen LogP contribution in [0.1, 0.15) is 26.3 Å². The van der Waals surface area contributed by atoms with Crippen LogP contribution in [0.4, 0.5) is 0 Å². The van der Waals surface area contributed by atoms with Crippen LogP contribution in [0, 0.1) is 0 Å². The number of benzene rings is 2. The Hall–Kier alpha value is -2.14. The van der Waals surface area contributed by atoms with Crippen LogP contribution in [0.15, 0.2) is 46.9 Å². The van der Waals surface area contributed by atoms with E-state index in [1.807, 2.05) is 0 Å². The monoisotopic (exact) mass is 333 g/mol. The zero-order valence-electron chi connectivity index (χ0n) is 10.5. The summed E-state index contributed by atoms with van der Waals surface area (Å²) in [6.07, 6.45) is 0.746. The molecule has 2 aromatic carbocycles. The van der Waals surface area contributed by atoms with Crippen molar-refractivity contribution in [3.8, 4) is 5.75 Å². The molecule has 0 heterocycles. The Morgan fingerprint density at radius 3 is 2.50 bits per heavy atom. The molecule has 0 aromatic heterocycles. The second-order valence-electron chi connectivity index (χ2n) is 4.15. The van der Waals surface area contributed by atoms with Gasteiger partial charge in [-0.25, -0.2) is 0 Å². The van der Waals surface area contributed by atoms with Crippen molar-refractivity contribution in [3.05, 3.63) is 63.6 Å². The number of carbonyl (C=O) groups is 2. The van der Waals surface area contributed by atoms with Crippen LogP contribution in [-0.2, 0) is 6.61 Å². The molecular weight excluding hydrogens is 322 g/mol. The summed E-state index contributed by atoms with van der Waals surface area (Å²) in [5.74, 6) is 0.0517. The molecule has 0 unspecified atom stereocenters. The Morgan fingerprint density at radius 2 is 1.90 bits per heavy atom. The first-order valence-electron chi connectivity index (χ1n) is 5.86. The van der Waals surface area contributed by atoms with E-state index < -0.39 is 5.91 Å². The molecule has 0 aliphatic carbocycles. The van der Waals surface area contributed by atoms with Crippen LogP contribution in [0.2, 0.25) is 0 Å². The van der Waals surface area contributed by atoms with E-state index in [-0.39, 0.29) is 0 Å². The lowest BCUT2D eigenvalue weighted by atomic mass is 10.1. The SMILES string of the molecule is NC(=O)c1ccc(COc2ccc(Br)cc2C=O)cc1. The summed E-state index contributed by atoms with van der Waals surface area (Å²) in [5.41, 5.74) is 6.98. The van der Waals surface area contributed by atoms with Crippen molar-refractivity contribution < 1.29 is 14.3 Å². The number of hydrogen-bond acceptors (Lipinski definition) is 3. The second-order valence-corrected chi connectivity index (χ2v) is 5.07. The molecule has 0 aliphatic heterocycles. The summed E-state index contributed by atoms with van der Waals surface area (Å²) in [7, 11) is 0. The van der Waals surface area contributed by atoms with Gasteiger partial charge in [0, 0.05) is 10.0 Å². The van der Waals surface area contributed by atoms with E-state index in [1.54, 1.807) is 42.5 Å². The summed E-state index contributed by atoms with van der Waals surface area (Å²) in [5, 5.41) is 0. The van der Waals surface area contributed by atoms with Crippen molar-refractivity contribution in [2.45, 2.75) is 6.61 Å². The highest BCUT2D eigenvalue weighted by Crippen LogP contribution is 2.22.